The smallest absolute Gasteiger partial charge is 0.251 e. The van der Waals surface area contributed by atoms with Crippen LogP contribution in [0.15, 0.2) is 67.4 Å². The quantitative estimate of drug-likeness (QED) is 0.401. The average Bonchev–Trinajstić information content (AvgIpc) is 3.26. The van der Waals surface area contributed by atoms with Gasteiger partial charge in [0.2, 0.25) is 0 Å². The molecule has 34 heavy (non-hydrogen) atoms. The summed E-state index contributed by atoms with van der Waals surface area (Å²) in [6.45, 7) is 4.81. The van der Waals surface area contributed by atoms with Gasteiger partial charge >= 0.3 is 0 Å². The standard InChI is InChI=1S/C26H25N7O/c1-16(19-5-4-6-20-21(26(34)27-3)7-9-28-25(19)20)13-29-23-12-22(31-15-32-23)18-8-10-33-17(2)14-30-24(33)11-18/h4-12,14-16H,13H2,1-3H3,(H,27,34)(H,29,31,32). The lowest BCUT2D eigenvalue weighted by Gasteiger charge is -2.16. The molecule has 0 spiro atoms. The molecule has 0 radical (unpaired) electrons. The summed E-state index contributed by atoms with van der Waals surface area (Å²) in [6, 6.07) is 13.7. The SMILES string of the molecule is CNC(=O)c1ccnc2c(C(C)CNc3cc(-c4ccn5c(C)cnc5c4)ncn3)cccc12. The van der Waals surface area contributed by atoms with Crippen molar-refractivity contribution in [2.45, 2.75) is 19.8 Å². The fourth-order valence-electron chi connectivity index (χ4n) is 4.18. The highest BCUT2D eigenvalue weighted by Crippen LogP contribution is 2.27. The van der Waals surface area contributed by atoms with Crippen molar-refractivity contribution >= 4 is 28.3 Å². The number of imidazole rings is 1. The van der Waals surface area contributed by atoms with E-state index in [1.807, 2.05) is 54.0 Å². The van der Waals surface area contributed by atoms with E-state index < -0.39 is 0 Å². The first kappa shape index (κ1) is 21.5. The number of nitrogens with zero attached hydrogens (tertiary/aromatic N) is 5. The van der Waals surface area contributed by atoms with Crippen molar-refractivity contribution in [3.05, 3.63) is 84.2 Å². The Labute approximate surface area is 197 Å². The molecule has 1 unspecified atom stereocenters. The summed E-state index contributed by atoms with van der Waals surface area (Å²) in [4.78, 5) is 30.1. The maximum absolute atomic E-state index is 12.3. The molecule has 8 heteroatoms. The number of fused-ring (bicyclic) bond motifs is 2. The maximum atomic E-state index is 12.3. The van der Waals surface area contributed by atoms with E-state index in [0.29, 0.717) is 12.1 Å². The monoisotopic (exact) mass is 451 g/mol. The summed E-state index contributed by atoms with van der Waals surface area (Å²) in [5.41, 5.74) is 6.32. The van der Waals surface area contributed by atoms with Gasteiger partial charge in [-0.3, -0.25) is 9.78 Å². The van der Waals surface area contributed by atoms with Crippen molar-refractivity contribution in [3.8, 4) is 11.3 Å². The Hall–Kier alpha value is -4.33. The van der Waals surface area contributed by atoms with Gasteiger partial charge in [-0.2, -0.15) is 0 Å². The first-order valence-electron chi connectivity index (χ1n) is 11.1. The van der Waals surface area contributed by atoms with E-state index in [1.54, 1.807) is 25.6 Å². The van der Waals surface area contributed by atoms with Gasteiger partial charge < -0.3 is 15.0 Å². The normalized spacial score (nSPS) is 12.1. The third-order valence-electron chi connectivity index (χ3n) is 6.06. The number of pyridine rings is 2. The van der Waals surface area contributed by atoms with Gasteiger partial charge in [0.25, 0.3) is 5.91 Å². The lowest BCUT2D eigenvalue weighted by Crippen LogP contribution is -2.18. The Morgan fingerprint density at radius 3 is 2.82 bits per heavy atom. The van der Waals surface area contributed by atoms with E-state index in [4.69, 9.17) is 0 Å². The van der Waals surface area contributed by atoms with Crippen LogP contribution in [0.2, 0.25) is 0 Å². The molecule has 170 valence electrons. The Balaban J connectivity index is 1.37. The molecule has 5 rings (SSSR count). The number of nitrogens with one attached hydrogen (secondary N) is 2. The zero-order valence-electron chi connectivity index (χ0n) is 19.3. The Bertz CT molecular complexity index is 1510. The van der Waals surface area contributed by atoms with Gasteiger partial charge in [-0.1, -0.05) is 25.1 Å². The van der Waals surface area contributed by atoms with Crippen LogP contribution in [-0.4, -0.2) is 43.8 Å². The van der Waals surface area contributed by atoms with Gasteiger partial charge in [0, 0.05) is 60.8 Å². The third-order valence-corrected chi connectivity index (χ3v) is 6.06. The van der Waals surface area contributed by atoms with Gasteiger partial charge in [-0.05, 0) is 30.7 Å². The van der Waals surface area contributed by atoms with E-state index in [0.717, 1.165) is 44.9 Å². The van der Waals surface area contributed by atoms with Crippen LogP contribution >= 0.6 is 0 Å². The number of para-hydroxylation sites is 1. The van der Waals surface area contributed by atoms with Crippen LogP contribution in [0.1, 0.15) is 34.5 Å². The molecule has 4 heterocycles. The second kappa shape index (κ2) is 8.90. The number of hydrogen-bond acceptors (Lipinski definition) is 6. The van der Waals surface area contributed by atoms with Crippen molar-refractivity contribution < 1.29 is 4.79 Å². The zero-order valence-corrected chi connectivity index (χ0v) is 19.3. The highest BCUT2D eigenvalue weighted by atomic mass is 16.1. The number of amides is 1. The topological polar surface area (TPSA) is 97.1 Å². The van der Waals surface area contributed by atoms with Crippen LogP contribution in [-0.2, 0) is 0 Å². The van der Waals surface area contributed by atoms with Gasteiger partial charge in [-0.15, -0.1) is 0 Å². The maximum Gasteiger partial charge on any atom is 0.251 e. The van der Waals surface area contributed by atoms with E-state index >= 15 is 0 Å². The molecule has 0 fully saturated rings. The van der Waals surface area contributed by atoms with Crippen LogP contribution < -0.4 is 10.6 Å². The Kier molecular flexibility index (Phi) is 5.63. The number of aromatic nitrogens is 5. The molecule has 0 aliphatic rings. The molecule has 0 aliphatic heterocycles. The average molecular weight is 452 g/mol. The van der Waals surface area contributed by atoms with Gasteiger partial charge in [-0.25, -0.2) is 15.0 Å². The molecule has 0 saturated heterocycles. The molecule has 4 aromatic heterocycles. The number of aryl methyl sites for hydroxylation is 1. The summed E-state index contributed by atoms with van der Waals surface area (Å²) in [5, 5.41) is 6.98. The second-order valence-electron chi connectivity index (χ2n) is 8.29. The molecule has 0 bridgehead atoms. The summed E-state index contributed by atoms with van der Waals surface area (Å²) in [6.07, 6.45) is 7.11. The third kappa shape index (κ3) is 3.94. The Morgan fingerprint density at radius 2 is 1.97 bits per heavy atom. The number of carbonyl (C=O) groups excluding carboxylic acids is 1. The van der Waals surface area contributed by atoms with Crippen molar-refractivity contribution in [1.82, 2.24) is 29.7 Å². The van der Waals surface area contributed by atoms with Crippen molar-refractivity contribution in [2.24, 2.45) is 0 Å². The summed E-state index contributed by atoms with van der Waals surface area (Å²) < 4.78 is 2.04. The summed E-state index contributed by atoms with van der Waals surface area (Å²) in [5.74, 6) is 0.766. The molecular formula is C26H25N7O. The van der Waals surface area contributed by atoms with Crippen LogP contribution in [0, 0.1) is 6.92 Å². The van der Waals surface area contributed by atoms with E-state index in [9.17, 15) is 4.79 Å². The first-order chi connectivity index (χ1) is 16.5. The highest BCUT2D eigenvalue weighted by molar-refractivity contribution is 6.06. The lowest BCUT2D eigenvalue weighted by atomic mass is 9.96. The molecule has 0 saturated carbocycles. The largest absolute Gasteiger partial charge is 0.369 e. The van der Waals surface area contributed by atoms with E-state index in [1.165, 1.54) is 0 Å². The van der Waals surface area contributed by atoms with Crippen LogP contribution in [0.25, 0.3) is 27.8 Å². The van der Waals surface area contributed by atoms with Crippen molar-refractivity contribution in [2.75, 3.05) is 18.9 Å². The lowest BCUT2D eigenvalue weighted by molar-refractivity contribution is 0.0964. The number of rotatable bonds is 6. The van der Waals surface area contributed by atoms with Crippen LogP contribution in [0.3, 0.4) is 0 Å². The highest BCUT2D eigenvalue weighted by Gasteiger charge is 2.15. The minimum Gasteiger partial charge on any atom is -0.369 e. The molecule has 1 aromatic carbocycles. The zero-order chi connectivity index (χ0) is 23.7. The number of carbonyl (C=O) groups is 1. The van der Waals surface area contributed by atoms with Crippen LogP contribution in [0.5, 0.6) is 0 Å². The van der Waals surface area contributed by atoms with Crippen molar-refractivity contribution in [3.63, 3.8) is 0 Å². The summed E-state index contributed by atoms with van der Waals surface area (Å²) in [7, 11) is 1.63. The fraction of sp³-hybridized carbons (Fsp3) is 0.192. The van der Waals surface area contributed by atoms with E-state index in [2.05, 4.69) is 43.6 Å². The predicted molar refractivity (Wildman–Crippen MR) is 133 cm³/mol. The number of hydrogen-bond donors (Lipinski definition) is 2. The summed E-state index contributed by atoms with van der Waals surface area (Å²) >= 11 is 0. The molecule has 1 amide bonds. The molecule has 0 aliphatic carbocycles. The molecule has 5 aromatic rings. The minimum absolute atomic E-state index is 0.118. The van der Waals surface area contributed by atoms with Gasteiger partial charge in [0.05, 0.1) is 16.8 Å². The van der Waals surface area contributed by atoms with Crippen LogP contribution in [0.4, 0.5) is 5.82 Å². The molecule has 2 N–H and O–H groups in total. The Morgan fingerprint density at radius 1 is 1.09 bits per heavy atom. The number of benzene rings is 1. The minimum atomic E-state index is -0.118. The van der Waals surface area contributed by atoms with E-state index in [-0.39, 0.29) is 11.8 Å². The molecular weight excluding hydrogens is 426 g/mol. The first-order valence-corrected chi connectivity index (χ1v) is 11.1. The molecule has 1 atom stereocenters. The van der Waals surface area contributed by atoms with Crippen molar-refractivity contribution in [1.29, 1.82) is 0 Å². The van der Waals surface area contributed by atoms with Gasteiger partial charge in [0.1, 0.15) is 17.8 Å². The predicted octanol–water partition coefficient (Wildman–Crippen LogP) is 4.22. The fourth-order valence-corrected chi connectivity index (χ4v) is 4.18. The number of anilines is 1. The molecule has 8 nitrogen and oxygen atoms in total. The van der Waals surface area contributed by atoms with Gasteiger partial charge in [0.15, 0.2) is 0 Å². The second-order valence-corrected chi connectivity index (χ2v) is 8.29.